The molecule has 1 aliphatic carbocycles. The fourth-order valence-corrected chi connectivity index (χ4v) is 2.78. The van der Waals surface area contributed by atoms with E-state index in [2.05, 4.69) is 15.9 Å². The molecule has 2 rings (SSSR count). The lowest BCUT2D eigenvalue weighted by Crippen LogP contribution is -2.53. The molecule has 0 aromatic heterocycles. The molecule has 5 heteroatoms. The zero-order valence-corrected chi connectivity index (χ0v) is 10.1. The molecule has 2 fully saturated rings. The quantitative estimate of drug-likeness (QED) is 0.569. The van der Waals surface area contributed by atoms with Gasteiger partial charge in [-0.15, -0.1) is 0 Å². The van der Waals surface area contributed by atoms with Crippen molar-refractivity contribution in [1.29, 1.82) is 0 Å². The summed E-state index contributed by atoms with van der Waals surface area (Å²) in [6, 6.07) is 0. The number of alkyl halides is 1. The zero-order valence-electron chi connectivity index (χ0n) is 8.50. The first-order valence-corrected chi connectivity index (χ1v) is 6.26. The standard InChI is InChI=1S/C10H14BrNO3/c11-6-10(2-1-3-10)7-12-8(13)4-15-5-9(12)14/h1-7H2. The Labute approximate surface area is 97.1 Å². The van der Waals surface area contributed by atoms with E-state index < -0.39 is 0 Å². The molecule has 0 unspecified atom stereocenters. The van der Waals surface area contributed by atoms with Crippen LogP contribution in [0.15, 0.2) is 0 Å². The number of carbonyl (C=O) groups is 2. The van der Waals surface area contributed by atoms with E-state index in [1.165, 1.54) is 11.3 Å². The maximum absolute atomic E-state index is 11.5. The number of hydrogen-bond donors (Lipinski definition) is 0. The predicted octanol–water partition coefficient (Wildman–Crippen LogP) is 0.937. The second-order valence-corrected chi connectivity index (χ2v) is 4.91. The number of morpholine rings is 1. The lowest BCUT2D eigenvalue weighted by molar-refractivity contribution is -0.161. The molecule has 0 bridgehead atoms. The first-order chi connectivity index (χ1) is 7.17. The summed E-state index contributed by atoms with van der Waals surface area (Å²) >= 11 is 3.47. The maximum Gasteiger partial charge on any atom is 0.255 e. The molecule has 0 N–H and O–H groups in total. The van der Waals surface area contributed by atoms with Crippen LogP contribution >= 0.6 is 15.9 Å². The third kappa shape index (κ3) is 2.08. The molecular formula is C10H14BrNO3. The number of rotatable bonds is 3. The van der Waals surface area contributed by atoms with Crippen LogP contribution in [-0.4, -0.2) is 41.8 Å². The first kappa shape index (κ1) is 11.1. The number of halogens is 1. The van der Waals surface area contributed by atoms with Gasteiger partial charge in [-0.05, 0) is 18.3 Å². The lowest BCUT2D eigenvalue weighted by atomic mass is 9.70. The Kier molecular flexibility index (Phi) is 3.11. The molecule has 1 saturated carbocycles. The monoisotopic (exact) mass is 275 g/mol. The number of nitrogens with zero attached hydrogens (tertiary/aromatic N) is 1. The SMILES string of the molecule is O=C1COCC(=O)N1CC1(CBr)CCC1. The fraction of sp³-hybridized carbons (Fsp3) is 0.800. The van der Waals surface area contributed by atoms with Gasteiger partial charge in [-0.1, -0.05) is 22.4 Å². The van der Waals surface area contributed by atoms with Gasteiger partial charge in [0.1, 0.15) is 13.2 Å². The van der Waals surface area contributed by atoms with Gasteiger partial charge in [0.05, 0.1) is 0 Å². The van der Waals surface area contributed by atoms with E-state index in [1.807, 2.05) is 0 Å². The summed E-state index contributed by atoms with van der Waals surface area (Å²) in [7, 11) is 0. The van der Waals surface area contributed by atoms with E-state index in [1.54, 1.807) is 0 Å². The topological polar surface area (TPSA) is 46.6 Å². The molecule has 0 atom stereocenters. The van der Waals surface area contributed by atoms with Crippen molar-refractivity contribution >= 4 is 27.7 Å². The number of ether oxygens (including phenoxy) is 1. The number of amides is 2. The van der Waals surface area contributed by atoms with Gasteiger partial charge in [0.25, 0.3) is 11.8 Å². The van der Waals surface area contributed by atoms with Crippen molar-refractivity contribution in [2.75, 3.05) is 25.1 Å². The van der Waals surface area contributed by atoms with Crippen LogP contribution in [0.25, 0.3) is 0 Å². The van der Waals surface area contributed by atoms with Crippen molar-refractivity contribution in [2.24, 2.45) is 5.41 Å². The zero-order chi connectivity index (χ0) is 10.9. The Bertz CT molecular complexity index is 267. The molecule has 1 aliphatic heterocycles. The molecule has 1 heterocycles. The molecule has 2 aliphatic rings. The Morgan fingerprint density at radius 3 is 2.27 bits per heavy atom. The minimum atomic E-state index is -0.196. The average molecular weight is 276 g/mol. The summed E-state index contributed by atoms with van der Waals surface area (Å²) in [4.78, 5) is 24.4. The van der Waals surface area contributed by atoms with Crippen molar-refractivity contribution < 1.29 is 14.3 Å². The van der Waals surface area contributed by atoms with Crippen molar-refractivity contribution in [2.45, 2.75) is 19.3 Å². The van der Waals surface area contributed by atoms with Crippen molar-refractivity contribution in [3.63, 3.8) is 0 Å². The molecule has 84 valence electrons. The Hall–Kier alpha value is -0.420. The summed E-state index contributed by atoms with van der Waals surface area (Å²) in [5.41, 5.74) is 0.128. The van der Waals surface area contributed by atoms with Crippen LogP contribution in [0, 0.1) is 5.41 Å². The highest BCUT2D eigenvalue weighted by atomic mass is 79.9. The minimum Gasteiger partial charge on any atom is -0.362 e. The average Bonchev–Trinajstić information content (AvgIpc) is 2.15. The van der Waals surface area contributed by atoms with Crippen LogP contribution in [-0.2, 0) is 14.3 Å². The van der Waals surface area contributed by atoms with E-state index >= 15 is 0 Å². The van der Waals surface area contributed by atoms with Crippen LogP contribution in [0.5, 0.6) is 0 Å². The van der Waals surface area contributed by atoms with E-state index in [-0.39, 0.29) is 30.4 Å². The Balaban J connectivity index is 2.02. The summed E-state index contributed by atoms with van der Waals surface area (Å²) in [5, 5.41) is 0.859. The highest BCUT2D eigenvalue weighted by Crippen LogP contribution is 2.43. The first-order valence-electron chi connectivity index (χ1n) is 5.14. The number of imide groups is 1. The molecule has 2 amide bonds. The van der Waals surface area contributed by atoms with E-state index in [0.29, 0.717) is 6.54 Å². The van der Waals surface area contributed by atoms with E-state index in [9.17, 15) is 9.59 Å². The molecular weight excluding hydrogens is 262 g/mol. The van der Waals surface area contributed by atoms with Crippen molar-refractivity contribution in [3.8, 4) is 0 Å². The largest absolute Gasteiger partial charge is 0.362 e. The van der Waals surface area contributed by atoms with Gasteiger partial charge in [0, 0.05) is 11.9 Å². The second kappa shape index (κ2) is 4.22. The third-order valence-electron chi connectivity index (χ3n) is 3.24. The predicted molar refractivity (Wildman–Crippen MR) is 57.6 cm³/mol. The summed E-state index contributed by atoms with van der Waals surface area (Å²) in [6.45, 7) is 0.646. The van der Waals surface area contributed by atoms with Gasteiger partial charge in [0.2, 0.25) is 0 Å². The molecule has 15 heavy (non-hydrogen) atoms. The van der Waals surface area contributed by atoms with Crippen molar-refractivity contribution in [1.82, 2.24) is 4.90 Å². The van der Waals surface area contributed by atoms with Gasteiger partial charge in [-0.3, -0.25) is 14.5 Å². The van der Waals surface area contributed by atoms with Gasteiger partial charge < -0.3 is 4.74 Å². The normalized spacial score (nSPS) is 25.3. The Morgan fingerprint density at radius 2 is 1.87 bits per heavy atom. The van der Waals surface area contributed by atoms with Gasteiger partial charge >= 0.3 is 0 Å². The van der Waals surface area contributed by atoms with Crippen LogP contribution < -0.4 is 0 Å². The fourth-order valence-electron chi connectivity index (χ4n) is 2.04. The van der Waals surface area contributed by atoms with Gasteiger partial charge in [-0.25, -0.2) is 0 Å². The number of hydrogen-bond acceptors (Lipinski definition) is 3. The maximum atomic E-state index is 11.5. The second-order valence-electron chi connectivity index (χ2n) is 4.35. The lowest BCUT2D eigenvalue weighted by Gasteiger charge is -2.43. The smallest absolute Gasteiger partial charge is 0.255 e. The van der Waals surface area contributed by atoms with E-state index in [0.717, 1.165) is 18.2 Å². The van der Waals surface area contributed by atoms with Gasteiger partial charge in [-0.2, -0.15) is 0 Å². The Morgan fingerprint density at radius 1 is 1.27 bits per heavy atom. The number of carbonyl (C=O) groups excluding carboxylic acids is 2. The molecule has 0 aromatic rings. The molecule has 0 spiro atoms. The van der Waals surface area contributed by atoms with Crippen LogP contribution in [0.3, 0.4) is 0 Å². The van der Waals surface area contributed by atoms with Crippen LogP contribution in [0.4, 0.5) is 0 Å². The molecule has 0 radical (unpaired) electrons. The molecule has 4 nitrogen and oxygen atoms in total. The van der Waals surface area contributed by atoms with Crippen LogP contribution in [0.2, 0.25) is 0 Å². The van der Waals surface area contributed by atoms with Crippen LogP contribution in [0.1, 0.15) is 19.3 Å². The van der Waals surface area contributed by atoms with Gasteiger partial charge in [0.15, 0.2) is 0 Å². The summed E-state index contributed by atoms with van der Waals surface area (Å²) in [6.07, 6.45) is 3.38. The highest BCUT2D eigenvalue weighted by molar-refractivity contribution is 9.09. The molecule has 0 aromatic carbocycles. The molecule has 1 saturated heterocycles. The summed E-state index contributed by atoms with van der Waals surface area (Å²) < 4.78 is 4.87. The van der Waals surface area contributed by atoms with Crippen molar-refractivity contribution in [3.05, 3.63) is 0 Å². The van der Waals surface area contributed by atoms with E-state index in [4.69, 9.17) is 4.74 Å². The highest BCUT2D eigenvalue weighted by Gasteiger charge is 2.41. The third-order valence-corrected chi connectivity index (χ3v) is 4.43. The minimum absolute atomic E-state index is 0.0457. The summed E-state index contributed by atoms with van der Waals surface area (Å²) in [5.74, 6) is -0.392.